The summed E-state index contributed by atoms with van der Waals surface area (Å²) in [5.74, 6) is -3.91. The number of anilines is 1. The van der Waals surface area contributed by atoms with Crippen LogP contribution in [0.1, 0.15) is 25.8 Å². The molecule has 0 bridgehead atoms. The standard InChI is InChI=1S/C22H24N2O8/c1-5-30-15(25)11-14-16(20(27)31-6-2)22(21(28)32-14)12-9-7-8-10-13(12)24(3)18(23)17(22)19(26)29-4/h7-10H,5-6,11,23H2,1-4H3/t22-/m0/s1. The second-order valence-corrected chi connectivity index (χ2v) is 6.97. The number of para-hydroxylation sites is 1. The Morgan fingerprint density at radius 2 is 1.72 bits per heavy atom. The van der Waals surface area contributed by atoms with E-state index in [-0.39, 0.29) is 41.5 Å². The van der Waals surface area contributed by atoms with Crippen LogP contribution < -0.4 is 10.6 Å². The van der Waals surface area contributed by atoms with E-state index in [1.807, 2.05) is 0 Å². The molecule has 10 nitrogen and oxygen atoms in total. The Bertz CT molecular complexity index is 1060. The zero-order valence-corrected chi connectivity index (χ0v) is 18.2. The maximum absolute atomic E-state index is 13.5. The van der Waals surface area contributed by atoms with Gasteiger partial charge in [-0.3, -0.25) is 4.79 Å². The molecule has 0 saturated carbocycles. The third-order valence-electron chi connectivity index (χ3n) is 5.32. The summed E-state index contributed by atoms with van der Waals surface area (Å²) in [6, 6.07) is 6.61. The van der Waals surface area contributed by atoms with Gasteiger partial charge in [0, 0.05) is 18.3 Å². The van der Waals surface area contributed by atoms with Crippen molar-refractivity contribution in [1.82, 2.24) is 0 Å². The van der Waals surface area contributed by atoms with Gasteiger partial charge in [-0.25, -0.2) is 14.4 Å². The average molecular weight is 444 g/mol. The number of hydrogen-bond donors (Lipinski definition) is 1. The van der Waals surface area contributed by atoms with Crippen LogP contribution in [0.15, 0.2) is 47.0 Å². The third kappa shape index (κ3) is 3.28. The van der Waals surface area contributed by atoms with Crippen LogP contribution in [0.25, 0.3) is 0 Å². The van der Waals surface area contributed by atoms with Crippen molar-refractivity contribution >= 4 is 29.6 Å². The Balaban J connectivity index is 2.42. The quantitative estimate of drug-likeness (QED) is 0.501. The van der Waals surface area contributed by atoms with E-state index in [0.717, 1.165) is 7.11 Å². The summed E-state index contributed by atoms with van der Waals surface area (Å²) in [4.78, 5) is 53.3. The SMILES string of the molecule is CCOC(=O)CC1=C(C(=O)OCC)[C@]2(C(=O)O1)C(C(=O)OC)=C(N)N(C)c1ccccc12. The highest BCUT2D eigenvalue weighted by Crippen LogP contribution is 2.54. The number of hydrogen-bond acceptors (Lipinski definition) is 10. The molecule has 32 heavy (non-hydrogen) atoms. The molecule has 1 spiro atoms. The normalized spacial score (nSPS) is 19.6. The Labute approximate surface area is 184 Å². The highest BCUT2D eigenvalue weighted by molar-refractivity contribution is 6.16. The van der Waals surface area contributed by atoms with E-state index in [9.17, 15) is 19.2 Å². The molecule has 3 rings (SSSR count). The molecule has 2 aliphatic rings. The zero-order valence-electron chi connectivity index (χ0n) is 18.2. The number of benzene rings is 1. The molecule has 2 N–H and O–H groups in total. The molecule has 1 aromatic rings. The van der Waals surface area contributed by atoms with Crippen LogP contribution in [0.4, 0.5) is 5.69 Å². The molecule has 1 atom stereocenters. The van der Waals surface area contributed by atoms with Gasteiger partial charge in [0.2, 0.25) is 0 Å². The molecule has 170 valence electrons. The summed E-state index contributed by atoms with van der Waals surface area (Å²) in [5.41, 5.74) is 4.35. The fraction of sp³-hybridized carbons (Fsp3) is 0.364. The van der Waals surface area contributed by atoms with Crippen LogP contribution in [-0.2, 0) is 43.5 Å². The van der Waals surface area contributed by atoms with Crippen molar-refractivity contribution in [3.05, 3.63) is 52.6 Å². The number of cyclic esters (lactones) is 1. The maximum Gasteiger partial charge on any atom is 0.339 e. The Morgan fingerprint density at radius 3 is 2.34 bits per heavy atom. The smallest absolute Gasteiger partial charge is 0.339 e. The van der Waals surface area contributed by atoms with Crippen molar-refractivity contribution in [2.24, 2.45) is 5.73 Å². The number of fused-ring (bicyclic) bond motifs is 2. The molecule has 2 aliphatic heterocycles. The van der Waals surface area contributed by atoms with Gasteiger partial charge < -0.3 is 29.6 Å². The molecule has 0 aliphatic carbocycles. The minimum Gasteiger partial charge on any atom is -0.466 e. The largest absolute Gasteiger partial charge is 0.466 e. The summed E-state index contributed by atoms with van der Waals surface area (Å²) < 4.78 is 20.5. The van der Waals surface area contributed by atoms with Crippen LogP contribution in [0.5, 0.6) is 0 Å². The molecule has 0 saturated heterocycles. The van der Waals surface area contributed by atoms with Crippen LogP contribution in [0, 0.1) is 0 Å². The summed E-state index contributed by atoms with van der Waals surface area (Å²) in [6.45, 7) is 3.27. The highest BCUT2D eigenvalue weighted by Gasteiger charge is 2.64. The van der Waals surface area contributed by atoms with Crippen molar-refractivity contribution in [3.63, 3.8) is 0 Å². The average Bonchev–Trinajstić information content (AvgIpc) is 3.04. The van der Waals surface area contributed by atoms with Crippen molar-refractivity contribution in [1.29, 1.82) is 0 Å². The first-order chi connectivity index (χ1) is 15.2. The van der Waals surface area contributed by atoms with Gasteiger partial charge in [0.25, 0.3) is 0 Å². The predicted molar refractivity (Wildman–Crippen MR) is 111 cm³/mol. The fourth-order valence-corrected chi connectivity index (χ4v) is 4.03. The number of methoxy groups -OCH3 is 1. The molecule has 0 unspecified atom stereocenters. The summed E-state index contributed by atoms with van der Waals surface area (Å²) >= 11 is 0. The van der Waals surface area contributed by atoms with E-state index < -0.39 is 35.7 Å². The lowest BCUT2D eigenvalue weighted by Crippen LogP contribution is -2.49. The van der Waals surface area contributed by atoms with Crippen molar-refractivity contribution < 1.29 is 38.1 Å². The van der Waals surface area contributed by atoms with Gasteiger partial charge >= 0.3 is 23.9 Å². The first kappa shape index (κ1) is 22.9. The van der Waals surface area contributed by atoms with Crippen LogP contribution in [0.3, 0.4) is 0 Å². The van der Waals surface area contributed by atoms with Gasteiger partial charge in [-0.15, -0.1) is 0 Å². The zero-order chi connectivity index (χ0) is 23.6. The molecule has 10 heteroatoms. The van der Waals surface area contributed by atoms with Crippen molar-refractivity contribution in [3.8, 4) is 0 Å². The molecule has 0 aromatic heterocycles. The first-order valence-corrected chi connectivity index (χ1v) is 9.95. The topological polar surface area (TPSA) is 134 Å². The Hall–Kier alpha value is -3.82. The van der Waals surface area contributed by atoms with E-state index in [2.05, 4.69) is 0 Å². The van der Waals surface area contributed by atoms with Gasteiger partial charge in [-0.2, -0.15) is 0 Å². The Morgan fingerprint density at radius 1 is 1.06 bits per heavy atom. The first-order valence-electron chi connectivity index (χ1n) is 9.95. The van der Waals surface area contributed by atoms with Crippen LogP contribution in [-0.4, -0.2) is 51.2 Å². The lowest BCUT2D eigenvalue weighted by molar-refractivity contribution is -0.148. The monoisotopic (exact) mass is 444 g/mol. The van der Waals surface area contributed by atoms with E-state index in [1.165, 1.54) is 4.90 Å². The molecular formula is C22H24N2O8. The molecule has 2 heterocycles. The minimum atomic E-state index is -2.08. The summed E-state index contributed by atoms with van der Waals surface area (Å²) in [5, 5.41) is 0. The van der Waals surface area contributed by atoms with Gasteiger partial charge in [0.15, 0.2) is 5.41 Å². The van der Waals surface area contributed by atoms with E-state index >= 15 is 0 Å². The fourth-order valence-electron chi connectivity index (χ4n) is 4.03. The molecule has 0 fully saturated rings. The number of carbonyl (C=O) groups excluding carboxylic acids is 4. The van der Waals surface area contributed by atoms with Crippen LogP contribution in [0.2, 0.25) is 0 Å². The maximum atomic E-state index is 13.5. The van der Waals surface area contributed by atoms with E-state index in [1.54, 1.807) is 45.2 Å². The number of nitrogens with two attached hydrogens (primary N) is 1. The van der Waals surface area contributed by atoms with Gasteiger partial charge in [0.05, 0.1) is 20.3 Å². The second-order valence-electron chi connectivity index (χ2n) is 6.97. The molecule has 0 radical (unpaired) electrons. The van der Waals surface area contributed by atoms with E-state index in [4.69, 9.17) is 24.7 Å². The third-order valence-corrected chi connectivity index (χ3v) is 5.32. The van der Waals surface area contributed by atoms with Crippen molar-refractivity contribution in [2.75, 3.05) is 32.3 Å². The summed E-state index contributed by atoms with van der Waals surface area (Å²) in [7, 11) is 2.74. The predicted octanol–water partition coefficient (Wildman–Crippen LogP) is 1.04. The number of rotatable bonds is 6. The molecular weight excluding hydrogens is 420 g/mol. The van der Waals surface area contributed by atoms with Gasteiger partial charge in [-0.1, -0.05) is 18.2 Å². The lowest BCUT2D eigenvalue weighted by atomic mass is 9.66. The molecule has 1 aromatic carbocycles. The lowest BCUT2D eigenvalue weighted by Gasteiger charge is -2.39. The number of carbonyl (C=O) groups is 4. The number of nitrogens with zero attached hydrogens (tertiary/aromatic N) is 1. The molecule has 0 amide bonds. The minimum absolute atomic E-state index is 0.0202. The Kier molecular flexibility index (Phi) is 6.24. The van der Waals surface area contributed by atoms with E-state index in [0.29, 0.717) is 5.69 Å². The van der Waals surface area contributed by atoms with Gasteiger partial charge in [-0.05, 0) is 19.9 Å². The summed E-state index contributed by atoms with van der Waals surface area (Å²) in [6.07, 6.45) is -0.512. The number of esters is 4. The number of ether oxygens (including phenoxy) is 4. The van der Waals surface area contributed by atoms with Gasteiger partial charge in [0.1, 0.15) is 29.1 Å². The second kappa shape index (κ2) is 8.74. The van der Waals surface area contributed by atoms with Crippen LogP contribution >= 0.6 is 0 Å². The van der Waals surface area contributed by atoms with Crippen molar-refractivity contribution in [2.45, 2.75) is 25.7 Å². The highest BCUT2D eigenvalue weighted by atomic mass is 16.6.